The molecule has 0 radical (unpaired) electrons. The van der Waals surface area contributed by atoms with Crippen LogP contribution in [0.5, 0.6) is 0 Å². The maximum Gasteiger partial charge on any atom is 0.414 e. The van der Waals surface area contributed by atoms with Crippen LogP contribution in [0.3, 0.4) is 0 Å². The number of rotatable bonds is 2. The van der Waals surface area contributed by atoms with E-state index in [9.17, 15) is 4.79 Å². The van der Waals surface area contributed by atoms with Crippen LogP contribution in [-0.2, 0) is 11.2 Å². The Hall–Kier alpha value is -1.79. The zero-order valence-electron chi connectivity index (χ0n) is 14.3. The van der Waals surface area contributed by atoms with Crippen molar-refractivity contribution in [1.29, 1.82) is 0 Å². The third-order valence-corrected chi connectivity index (χ3v) is 4.08. The number of fused-ring (bicyclic) bond motifs is 1. The number of benzene rings is 1. The van der Waals surface area contributed by atoms with Crippen molar-refractivity contribution in [1.82, 2.24) is 10.6 Å². The maximum atomic E-state index is 12.5. The third kappa shape index (κ3) is 3.43. The van der Waals surface area contributed by atoms with Crippen LogP contribution in [-0.4, -0.2) is 37.6 Å². The molecular weight excluding hydrogens is 292 g/mol. The SMILES string of the molecule is Cc1ccc(NC2NCCN2)c2c1N(C(=O)OC(C)(C)C)CC2. The summed E-state index contributed by atoms with van der Waals surface area (Å²) in [7, 11) is 0. The molecule has 0 saturated carbocycles. The number of amides is 1. The molecule has 2 aliphatic rings. The van der Waals surface area contributed by atoms with E-state index >= 15 is 0 Å². The van der Waals surface area contributed by atoms with Gasteiger partial charge in [-0.15, -0.1) is 0 Å². The van der Waals surface area contributed by atoms with Gasteiger partial charge in [-0.05, 0) is 45.7 Å². The van der Waals surface area contributed by atoms with E-state index in [4.69, 9.17) is 4.74 Å². The summed E-state index contributed by atoms with van der Waals surface area (Å²) in [5.41, 5.74) is 3.86. The second kappa shape index (κ2) is 6.02. The lowest BCUT2D eigenvalue weighted by molar-refractivity contribution is 0.0584. The first-order valence-electron chi connectivity index (χ1n) is 8.21. The molecule has 6 nitrogen and oxygen atoms in total. The fraction of sp³-hybridized carbons (Fsp3) is 0.588. The Labute approximate surface area is 137 Å². The normalized spacial score (nSPS) is 18.2. The summed E-state index contributed by atoms with van der Waals surface area (Å²) in [5, 5.41) is 10.2. The molecule has 3 N–H and O–H groups in total. The number of ether oxygens (including phenoxy) is 1. The lowest BCUT2D eigenvalue weighted by Crippen LogP contribution is -2.39. The van der Waals surface area contributed by atoms with Gasteiger partial charge in [0.05, 0.1) is 5.69 Å². The molecule has 1 aromatic carbocycles. The van der Waals surface area contributed by atoms with E-state index in [1.54, 1.807) is 4.90 Å². The first kappa shape index (κ1) is 16.1. The highest BCUT2D eigenvalue weighted by atomic mass is 16.6. The lowest BCUT2D eigenvalue weighted by atomic mass is 10.1. The number of hydrogen-bond donors (Lipinski definition) is 3. The lowest BCUT2D eigenvalue weighted by Gasteiger charge is -2.26. The van der Waals surface area contributed by atoms with Crippen molar-refractivity contribution in [3.63, 3.8) is 0 Å². The van der Waals surface area contributed by atoms with Crippen LogP contribution in [0.2, 0.25) is 0 Å². The number of nitrogens with zero attached hydrogens (tertiary/aromatic N) is 1. The number of hydrogen-bond acceptors (Lipinski definition) is 5. The summed E-state index contributed by atoms with van der Waals surface area (Å²) in [5.74, 6) is 0. The number of nitrogens with one attached hydrogen (secondary N) is 3. The Kier molecular flexibility index (Phi) is 4.21. The molecule has 6 heteroatoms. The van der Waals surface area contributed by atoms with Crippen LogP contribution in [0.1, 0.15) is 31.9 Å². The molecule has 0 spiro atoms. The van der Waals surface area contributed by atoms with Crippen molar-refractivity contribution in [2.45, 2.75) is 46.0 Å². The topological polar surface area (TPSA) is 65.6 Å². The Balaban J connectivity index is 1.85. The summed E-state index contributed by atoms with van der Waals surface area (Å²) in [6.45, 7) is 10.3. The zero-order valence-corrected chi connectivity index (χ0v) is 14.3. The highest BCUT2D eigenvalue weighted by Crippen LogP contribution is 2.37. The predicted molar refractivity (Wildman–Crippen MR) is 91.9 cm³/mol. The van der Waals surface area contributed by atoms with Gasteiger partial charge in [-0.1, -0.05) is 6.07 Å². The van der Waals surface area contributed by atoms with Gasteiger partial charge in [0.15, 0.2) is 0 Å². The van der Waals surface area contributed by atoms with E-state index in [2.05, 4.69) is 28.1 Å². The quantitative estimate of drug-likeness (QED) is 0.780. The summed E-state index contributed by atoms with van der Waals surface area (Å²) in [6.07, 6.45) is 0.650. The number of anilines is 2. The molecule has 2 heterocycles. The van der Waals surface area contributed by atoms with Gasteiger partial charge < -0.3 is 10.1 Å². The van der Waals surface area contributed by atoms with Gasteiger partial charge in [0.2, 0.25) is 0 Å². The summed E-state index contributed by atoms with van der Waals surface area (Å²) in [6, 6.07) is 4.15. The molecule has 0 atom stereocenters. The fourth-order valence-corrected chi connectivity index (χ4v) is 3.12. The smallest absolute Gasteiger partial charge is 0.414 e. The van der Waals surface area contributed by atoms with Crippen LogP contribution in [0, 0.1) is 6.92 Å². The molecule has 0 aromatic heterocycles. The second-order valence-corrected chi connectivity index (χ2v) is 7.12. The molecular formula is C17H26N4O2. The van der Waals surface area contributed by atoms with Gasteiger partial charge in [0, 0.05) is 30.9 Å². The third-order valence-electron chi connectivity index (χ3n) is 4.08. The minimum atomic E-state index is -0.485. The van der Waals surface area contributed by atoms with Gasteiger partial charge in [-0.2, -0.15) is 0 Å². The molecule has 2 aliphatic heterocycles. The first-order valence-corrected chi connectivity index (χ1v) is 8.21. The fourth-order valence-electron chi connectivity index (χ4n) is 3.12. The largest absolute Gasteiger partial charge is 0.443 e. The molecule has 1 saturated heterocycles. The van der Waals surface area contributed by atoms with Crippen molar-refractivity contribution in [2.75, 3.05) is 29.9 Å². The van der Waals surface area contributed by atoms with Crippen molar-refractivity contribution >= 4 is 17.5 Å². The minimum Gasteiger partial charge on any atom is -0.443 e. The van der Waals surface area contributed by atoms with Crippen molar-refractivity contribution < 1.29 is 9.53 Å². The van der Waals surface area contributed by atoms with Gasteiger partial charge in [-0.3, -0.25) is 15.5 Å². The summed E-state index contributed by atoms with van der Waals surface area (Å²) >= 11 is 0. The molecule has 23 heavy (non-hydrogen) atoms. The summed E-state index contributed by atoms with van der Waals surface area (Å²) < 4.78 is 5.55. The number of carbonyl (C=O) groups excluding carboxylic acids is 1. The van der Waals surface area contributed by atoms with Gasteiger partial charge >= 0.3 is 6.09 Å². The predicted octanol–water partition coefficient (Wildman–Crippen LogP) is 2.18. The molecule has 1 aromatic rings. The average Bonchev–Trinajstić information content (AvgIpc) is 3.09. The van der Waals surface area contributed by atoms with Crippen LogP contribution in [0.15, 0.2) is 12.1 Å². The highest BCUT2D eigenvalue weighted by molar-refractivity contribution is 5.93. The maximum absolute atomic E-state index is 12.5. The Morgan fingerprint density at radius 2 is 2.00 bits per heavy atom. The monoisotopic (exact) mass is 318 g/mol. The molecule has 1 amide bonds. The molecule has 0 bridgehead atoms. The molecule has 1 fully saturated rings. The highest BCUT2D eigenvalue weighted by Gasteiger charge is 2.32. The van der Waals surface area contributed by atoms with Crippen LogP contribution < -0.4 is 20.9 Å². The van der Waals surface area contributed by atoms with Crippen LogP contribution >= 0.6 is 0 Å². The Bertz CT molecular complexity index is 603. The molecule has 3 rings (SSSR count). The van der Waals surface area contributed by atoms with Crippen molar-refractivity contribution in [3.8, 4) is 0 Å². The second-order valence-electron chi connectivity index (χ2n) is 7.12. The van der Waals surface area contributed by atoms with E-state index < -0.39 is 5.60 Å². The van der Waals surface area contributed by atoms with Gasteiger partial charge in [0.25, 0.3) is 0 Å². The van der Waals surface area contributed by atoms with Crippen molar-refractivity contribution in [2.24, 2.45) is 0 Å². The standard InChI is InChI=1S/C17H26N4O2/c1-11-5-6-13(20-15-18-8-9-19-15)12-7-10-21(14(11)12)16(22)23-17(2,3)4/h5-6,15,18-20H,7-10H2,1-4H3. The van der Waals surface area contributed by atoms with Crippen molar-refractivity contribution in [3.05, 3.63) is 23.3 Å². The average molecular weight is 318 g/mol. The summed E-state index contributed by atoms with van der Waals surface area (Å²) in [4.78, 5) is 14.3. The molecule has 0 aliphatic carbocycles. The van der Waals surface area contributed by atoms with E-state index in [0.717, 1.165) is 36.4 Å². The molecule has 0 unspecified atom stereocenters. The van der Waals surface area contributed by atoms with Gasteiger partial charge in [0.1, 0.15) is 11.9 Å². The van der Waals surface area contributed by atoms with E-state index in [-0.39, 0.29) is 12.4 Å². The van der Waals surface area contributed by atoms with E-state index in [0.29, 0.717) is 6.54 Å². The Morgan fingerprint density at radius 3 is 2.65 bits per heavy atom. The number of aryl methyl sites for hydroxylation is 1. The van der Waals surface area contributed by atoms with Gasteiger partial charge in [-0.25, -0.2) is 4.79 Å². The molecule has 126 valence electrons. The van der Waals surface area contributed by atoms with Crippen LogP contribution in [0.4, 0.5) is 16.2 Å². The van der Waals surface area contributed by atoms with Crippen LogP contribution in [0.25, 0.3) is 0 Å². The minimum absolute atomic E-state index is 0.0809. The van der Waals surface area contributed by atoms with E-state index in [1.165, 1.54) is 5.56 Å². The Morgan fingerprint density at radius 1 is 1.30 bits per heavy atom. The van der Waals surface area contributed by atoms with E-state index in [1.807, 2.05) is 27.7 Å². The first-order chi connectivity index (χ1) is 10.8. The number of carbonyl (C=O) groups is 1. The zero-order chi connectivity index (χ0) is 16.6.